The summed E-state index contributed by atoms with van der Waals surface area (Å²) in [7, 11) is 1.56. The van der Waals surface area contributed by atoms with Gasteiger partial charge < -0.3 is 10.1 Å². The number of benzene rings is 2. The first-order valence-corrected chi connectivity index (χ1v) is 6.33. The molecule has 0 spiro atoms. The van der Waals surface area contributed by atoms with E-state index in [1.165, 1.54) is 12.3 Å². The zero-order chi connectivity index (χ0) is 14.8. The summed E-state index contributed by atoms with van der Waals surface area (Å²) in [4.78, 5) is 3.95. The predicted octanol–water partition coefficient (Wildman–Crippen LogP) is 4.27. The highest BCUT2D eigenvalue weighted by molar-refractivity contribution is 5.93. The maximum Gasteiger partial charge on any atom is 0.152 e. The van der Waals surface area contributed by atoms with E-state index in [2.05, 4.69) is 10.3 Å². The molecule has 1 aromatic heterocycles. The van der Waals surface area contributed by atoms with Gasteiger partial charge in [0.25, 0.3) is 0 Å². The number of halogens is 2. The SMILES string of the molecule is COc1ccccc1Nc1ccnc2c(F)cc(F)cc12. The minimum absolute atomic E-state index is 0.122. The molecule has 106 valence electrons. The van der Waals surface area contributed by atoms with Crippen molar-refractivity contribution >= 4 is 22.3 Å². The third kappa shape index (κ3) is 2.50. The lowest BCUT2D eigenvalue weighted by Gasteiger charge is -2.13. The van der Waals surface area contributed by atoms with Gasteiger partial charge in [0, 0.05) is 23.3 Å². The number of methoxy groups -OCH3 is 1. The summed E-state index contributed by atoms with van der Waals surface area (Å²) in [5.41, 5.74) is 1.39. The number of anilines is 2. The highest BCUT2D eigenvalue weighted by atomic mass is 19.1. The van der Waals surface area contributed by atoms with Crippen LogP contribution in [-0.2, 0) is 0 Å². The van der Waals surface area contributed by atoms with Gasteiger partial charge in [-0.25, -0.2) is 8.78 Å². The largest absolute Gasteiger partial charge is 0.495 e. The van der Waals surface area contributed by atoms with Gasteiger partial charge in [-0.2, -0.15) is 0 Å². The van der Waals surface area contributed by atoms with Gasteiger partial charge in [0.05, 0.1) is 12.8 Å². The molecule has 1 N–H and O–H groups in total. The molecule has 0 bridgehead atoms. The standard InChI is InChI=1S/C16H12F2N2O/c1-21-15-5-3-2-4-14(15)20-13-6-7-19-16-11(13)8-10(17)9-12(16)18/h2-9H,1H3,(H,19,20). The minimum atomic E-state index is -0.686. The molecular weight excluding hydrogens is 274 g/mol. The Morgan fingerprint density at radius 1 is 1.05 bits per heavy atom. The second kappa shape index (κ2) is 5.36. The van der Waals surface area contributed by atoms with E-state index < -0.39 is 11.6 Å². The molecule has 21 heavy (non-hydrogen) atoms. The van der Waals surface area contributed by atoms with Gasteiger partial charge in [-0.05, 0) is 24.3 Å². The number of ether oxygens (including phenoxy) is 1. The topological polar surface area (TPSA) is 34.1 Å². The van der Waals surface area contributed by atoms with Crippen LogP contribution in [0.3, 0.4) is 0 Å². The molecule has 3 nitrogen and oxygen atoms in total. The molecule has 0 saturated carbocycles. The van der Waals surface area contributed by atoms with Crippen LogP contribution in [0.25, 0.3) is 10.9 Å². The van der Waals surface area contributed by atoms with Gasteiger partial charge >= 0.3 is 0 Å². The van der Waals surface area contributed by atoms with Gasteiger partial charge in [-0.3, -0.25) is 4.98 Å². The first-order chi connectivity index (χ1) is 10.2. The molecular formula is C16H12F2N2O. The van der Waals surface area contributed by atoms with Gasteiger partial charge in [0.15, 0.2) is 5.82 Å². The molecule has 2 aromatic carbocycles. The van der Waals surface area contributed by atoms with Crippen molar-refractivity contribution in [3.63, 3.8) is 0 Å². The van der Waals surface area contributed by atoms with Crippen molar-refractivity contribution in [2.75, 3.05) is 12.4 Å². The average Bonchev–Trinajstić information content (AvgIpc) is 2.48. The molecule has 0 saturated heterocycles. The predicted molar refractivity (Wildman–Crippen MR) is 77.9 cm³/mol. The van der Waals surface area contributed by atoms with E-state index in [0.29, 0.717) is 22.5 Å². The summed E-state index contributed by atoms with van der Waals surface area (Å²) in [6.07, 6.45) is 1.47. The Morgan fingerprint density at radius 3 is 2.67 bits per heavy atom. The van der Waals surface area contributed by atoms with Gasteiger partial charge in [0.1, 0.15) is 17.1 Å². The summed E-state index contributed by atoms with van der Waals surface area (Å²) in [6, 6.07) is 11.0. The van der Waals surface area contributed by atoms with Crippen LogP contribution in [0.1, 0.15) is 0 Å². The number of hydrogen-bond donors (Lipinski definition) is 1. The lowest BCUT2D eigenvalue weighted by Crippen LogP contribution is -1.97. The monoisotopic (exact) mass is 286 g/mol. The minimum Gasteiger partial charge on any atom is -0.495 e. The summed E-state index contributed by atoms with van der Waals surface area (Å²) in [6.45, 7) is 0. The molecule has 0 amide bonds. The van der Waals surface area contributed by atoms with Crippen molar-refractivity contribution in [1.29, 1.82) is 0 Å². The summed E-state index contributed by atoms with van der Waals surface area (Å²) in [5, 5.41) is 3.50. The molecule has 3 aromatic rings. The zero-order valence-corrected chi connectivity index (χ0v) is 11.2. The van der Waals surface area contributed by atoms with Crippen molar-refractivity contribution in [1.82, 2.24) is 4.98 Å². The van der Waals surface area contributed by atoms with E-state index in [0.717, 1.165) is 6.07 Å². The van der Waals surface area contributed by atoms with Crippen LogP contribution in [-0.4, -0.2) is 12.1 Å². The van der Waals surface area contributed by atoms with E-state index in [4.69, 9.17) is 4.74 Å². The third-order valence-electron chi connectivity index (χ3n) is 3.14. The second-order valence-corrected chi connectivity index (χ2v) is 4.47. The number of nitrogens with zero attached hydrogens (tertiary/aromatic N) is 1. The Balaban J connectivity index is 2.13. The summed E-state index contributed by atoms with van der Waals surface area (Å²) >= 11 is 0. The normalized spacial score (nSPS) is 10.6. The molecule has 3 rings (SSSR count). The van der Waals surface area contributed by atoms with Gasteiger partial charge in [-0.15, -0.1) is 0 Å². The smallest absolute Gasteiger partial charge is 0.152 e. The average molecular weight is 286 g/mol. The summed E-state index contributed by atoms with van der Waals surface area (Å²) < 4.78 is 32.4. The number of aromatic nitrogens is 1. The van der Waals surface area contributed by atoms with Crippen molar-refractivity contribution in [3.8, 4) is 5.75 Å². The van der Waals surface area contributed by atoms with E-state index in [1.807, 2.05) is 18.2 Å². The third-order valence-corrected chi connectivity index (χ3v) is 3.14. The Kier molecular flexibility index (Phi) is 3.39. The zero-order valence-electron chi connectivity index (χ0n) is 11.2. The maximum atomic E-state index is 13.8. The number of hydrogen-bond acceptors (Lipinski definition) is 3. The van der Waals surface area contributed by atoms with E-state index in [1.54, 1.807) is 19.2 Å². The van der Waals surface area contributed by atoms with E-state index >= 15 is 0 Å². The lowest BCUT2D eigenvalue weighted by atomic mass is 10.1. The van der Waals surface area contributed by atoms with E-state index in [-0.39, 0.29) is 5.52 Å². The molecule has 0 fully saturated rings. The molecule has 0 atom stereocenters. The quantitative estimate of drug-likeness (QED) is 0.781. The number of fused-ring (bicyclic) bond motifs is 1. The number of para-hydroxylation sites is 2. The molecule has 0 aliphatic rings. The van der Waals surface area contributed by atoms with Crippen LogP contribution in [0.5, 0.6) is 5.75 Å². The Bertz CT molecular complexity index is 805. The van der Waals surface area contributed by atoms with Crippen LogP contribution in [0.4, 0.5) is 20.2 Å². The first-order valence-electron chi connectivity index (χ1n) is 6.33. The fourth-order valence-corrected chi connectivity index (χ4v) is 2.18. The van der Waals surface area contributed by atoms with Crippen molar-refractivity contribution < 1.29 is 13.5 Å². The Hall–Kier alpha value is -2.69. The Morgan fingerprint density at radius 2 is 1.86 bits per heavy atom. The van der Waals surface area contributed by atoms with Crippen LogP contribution >= 0.6 is 0 Å². The van der Waals surface area contributed by atoms with Crippen LogP contribution in [0, 0.1) is 11.6 Å². The van der Waals surface area contributed by atoms with Crippen LogP contribution in [0.15, 0.2) is 48.7 Å². The van der Waals surface area contributed by atoms with Gasteiger partial charge in [-0.1, -0.05) is 12.1 Å². The molecule has 0 aliphatic heterocycles. The maximum absolute atomic E-state index is 13.8. The second-order valence-electron chi connectivity index (χ2n) is 4.47. The van der Waals surface area contributed by atoms with Crippen LogP contribution < -0.4 is 10.1 Å². The Labute approximate surface area is 120 Å². The fraction of sp³-hybridized carbons (Fsp3) is 0.0625. The summed E-state index contributed by atoms with van der Waals surface area (Å²) in [5.74, 6) is -0.691. The first kappa shape index (κ1) is 13.3. The van der Waals surface area contributed by atoms with Gasteiger partial charge in [0.2, 0.25) is 0 Å². The molecule has 1 heterocycles. The number of pyridine rings is 1. The number of nitrogens with one attached hydrogen (secondary N) is 1. The molecule has 0 aliphatic carbocycles. The molecule has 5 heteroatoms. The van der Waals surface area contributed by atoms with Crippen molar-refractivity contribution in [2.45, 2.75) is 0 Å². The highest BCUT2D eigenvalue weighted by Crippen LogP contribution is 2.31. The van der Waals surface area contributed by atoms with Crippen molar-refractivity contribution in [2.24, 2.45) is 0 Å². The number of rotatable bonds is 3. The lowest BCUT2D eigenvalue weighted by molar-refractivity contribution is 0.417. The van der Waals surface area contributed by atoms with E-state index in [9.17, 15) is 8.78 Å². The highest BCUT2D eigenvalue weighted by Gasteiger charge is 2.10. The fourth-order valence-electron chi connectivity index (χ4n) is 2.18. The molecule has 0 radical (unpaired) electrons. The van der Waals surface area contributed by atoms with Crippen molar-refractivity contribution in [3.05, 3.63) is 60.3 Å². The van der Waals surface area contributed by atoms with Crippen LogP contribution in [0.2, 0.25) is 0 Å². The molecule has 0 unspecified atom stereocenters.